The van der Waals surface area contributed by atoms with E-state index in [0.29, 0.717) is 29.1 Å². The number of hydrogen-bond acceptors (Lipinski definition) is 1. The third kappa shape index (κ3) is 3.98. The summed E-state index contributed by atoms with van der Waals surface area (Å²) in [6.07, 6.45) is 7.32. The van der Waals surface area contributed by atoms with Crippen LogP contribution in [0.4, 0.5) is 4.39 Å². The Balaban J connectivity index is 1.72. The monoisotopic (exact) mass is 452 g/mol. The minimum absolute atomic E-state index is 0.248. The standard InChI is InChI=1S/C31H33FN2/c1-20(2)27-18-23(25-14-9-11-22-10-5-6-12-24(22)25)19-28(21(3)4)30(27)34-17-16-33-31(34)26-13-7-8-15-29(26)32/h5-8,10,12-13,15-21,25H,9,11,14H2,1-4H3. The lowest BCUT2D eigenvalue weighted by Crippen LogP contribution is -2.14. The Bertz CT molecular complexity index is 1290. The first-order valence-corrected chi connectivity index (χ1v) is 12.5. The van der Waals surface area contributed by atoms with E-state index in [1.54, 1.807) is 12.3 Å². The van der Waals surface area contributed by atoms with Crippen LogP contribution in [0.25, 0.3) is 17.1 Å². The van der Waals surface area contributed by atoms with Crippen molar-refractivity contribution in [1.29, 1.82) is 0 Å². The normalized spacial score (nSPS) is 15.7. The van der Waals surface area contributed by atoms with Gasteiger partial charge in [-0.2, -0.15) is 0 Å². The topological polar surface area (TPSA) is 17.8 Å². The molecule has 1 unspecified atom stereocenters. The van der Waals surface area contributed by atoms with Gasteiger partial charge in [-0.15, -0.1) is 0 Å². The van der Waals surface area contributed by atoms with E-state index in [1.165, 1.54) is 53.1 Å². The van der Waals surface area contributed by atoms with Gasteiger partial charge in [0.1, 0.15) is 11.6 Å². The van der Waals surface area contributed by atoms with Crippen LogP contribution in [-0.2, 0) is 6.42 Å². The van der Waals surface area contributed by atoms with E-state index in [-0.39, 0.29) is 5.82 Å². The summed E-state index contributed by atoms with van der Waals surface area (Å²) in [5, 5.41) is 0. The molecule has 0 saturated heterocycles. The number of nitrogens with zero attached hydrogens (tertiary/aromatic N) is 2. The van der Waals surface area contributed by atoms with Crippen LogP contribution in [0.1, 0.15) is 86.1 Å². The predicted octanol–water partition coefficient (Wildman–Crippen LogP) is 8.39. The zero-order valence-electron chi connectivity index (χ0n) is 20.6. The van der Waals surface area contributed by atoms with Crippen molar-refractivity contribution < 1.29 is 4.39 Å². The summed E-state index contributed by atoms with van der Waals surface area (Å²) < 4.78 is 16.9. The maximum atomic E-state index is 14.8. The molecule has 3 heteroatoms. The van der Waals surface area contributed by atoms with Crippen molar-refractivity contribution in [2.45, 2.75) is 64.7 Å². The van der Waals surface area contributed by atoms with Gasteiger partial charge in [0.2, 0.25) is 0 Å². The molecule has 0 aliphatic heterocycles. The smallest absolute Gasteiger partial charge is 0.147 e. The van der Waals surface area contributed by atoms with Crippen molar-refractivity contribution in [3.05, 3.63) is 107 Å². The van der Waals surface area contributed by atoms with Crippen molar-refractivity contribution >= 4 is 0 Å². The fourth-order valence-electron chi connectivity index (χ4n) is 5.49. The van der Waals surface area contributed by atoms with Crippen molar-refractivity contribution in [2.75, 3.05) is 0 Å². The van der Waals surface area contributed by atoms with Crippen molar-refractivity contribution in [2.24, 2.45) is 0 Å². The van der Waals surface area contributed by atoms with Gasteiger partial charge in [-0.05, 0) is 71.0 Å². The Morgan fingerprint density at radius 1 is 0.912 bits per heavy atom. The second-order valence-corrected chi connectivity index (χ2v) is 10.1. The molecular formula is C31H33FN2. The van der Waals surface area contributed by atoms with Gasteiger partial charge in [0.15, 0.2) is 0 Å². The number of benzene rings is 3. The van der Waals surface area contributed by atoms with Crippen LogP contribution in [0.2, 0.25) is 0 Å². The average molecular weight is 453 g/mol. The summed E-state index contributed by atoms with van der Waals surface area (Å²) in [7, 11) is 0. The lowest BCUT2D eigenvalue weighted by atomic mass is 9.77. The van der Waals surface area contributed by atoms with Gasteiger partial charge in [0, 0.05) is 18.3 Å². The molecule has 0 saturated carbocycles. The van der Waals surface area contributed by atoms with E-state index in [4.69, 9.17) is 0 Å². The first-order chi connectivity index (χ1) is 16.5. The Morgan fingerprint density at radius 3 is 2.29 bits per heavy atom. The minimum atomic E-state index is -0.248. The highest BCUT2D eigenvalue weighted by Crippen LogP contribution is 2.42. The zero-order chi connectivity index (χ0) is 23.8. The van der Waals surface area contributed by atoms with Crippen LogP contribution in [0, 0.1) is 5.82 Å². The number of aromatic nitrogens is 2. The van der Waals surface area contributed by atoms with Gasteiger partial charge in [-0.1, -0.05) is 76.2 Å². The Morgan fingerprint density at radius 2 is 1.59 bits per heavy atom. The van der Waals surface area contributed by atoms with E-state index in [1.807, 2.05) is 18.3 Å². The number of rotatable bonds is 5. The average Bonchev–Trinajstić information content (AvgIpc) is 3.32. The molecule has 0 N–H and O–H groups in total. The number of hydrogen-bond donors (Lipinski definition) is 0. The molecule has 0 spiro atoms. The number of fused-ring (bicyclic) bond motifs is 1. The molecule has 1 aliphatic rings. The van der Waals surface area contributed by atoms with Crippen LogP contribution in [-0.4, -0.2) is 9.55 Å². The van der Waals surface area contributed by atoms with Crippen molar-refractivity contribution in [1.82, 2.24) is 9.55 Å². The summed E-state index contributed by atoms with van der Waals surface area (Å²) >= 11 is 0. The second-order valence-electron chi connectivity index (χ2n) is 10.1. The maximum Gasteiger partial charge on any atom is 0.147 e. The molecule has 1 atom stereocenters. The molecule has 1 aromatic heterocycles. The first-order valence-electron chi connectivity index (χ1n) is 12.5. The molecular weight excluding hydrogens is 419 g/mol. The predicted molar refractivity (Wildman–Crippen MR) is 138 cm³/mol. The van der Waals surface area contributed by atoms with Gasteiger partial charge >= 0.3 is 0 Å². The molecule has 5 rings (SSSR count). The molecule has 4 aromatic rings. The van der Waals surface area contributed by atoms with Crippen LogP contribution in [0.3, 0.4) is 0 Å². The third-order valence-corrected chi connectivity index (χ3v) is 7.20. The molecule has 1 heterocycles. The Hall–Kier alpha value is -3.20. The number of imidazole rings is 1. The fourth-order valence-corrected chi connectivity index (χ4v) is 5.49. The molecule has 2 nitrogen and oxygen atoms in total. The third-order valence-electron chi connectivity index (χ3n) is 7.20. The van der Waals surface area contributed by atoms with Gasteiger partial charge < -0.3 is 0 Å². The lowest BCUT2D eigenvalue weighted by molar-refractivity contribution is 0.613. The molecule has 3 aromatic carbocycles. The molecule has 0 amide bonds. The van der Waals surface area contributed by atoms with Gasteiger partial charge in [-0.3, -0.25) is 4.57 Å². The first kappa shape index (κ1) is 22.6. The molecule has 1 aliphatic carbocycles. The van der Waals surface area contributed by atoms with Crippen molar-refractivity contribution in [3.8, 4) is 17.1 Å². The summed E-state index contributed by atoms with van der Waals surface area (Å²) in [5.74, 6) is 1.47. The van der Waals surface area contributed by atoms with E-state index < -0.39 is 0 Å². The van der Waals surface area contributed by atoms with Gasteiger partial charge in [0.25, 0.3) is 0 Å². The summed E-state index contributed by atoms with van der Waals surface area (Å²) in [4.78, 5) is 4.59. The SMILES string of the molecule is CC(C)c1cc(C2CCCc3ccccc32)cc(C(C)C)c1-n1ccnc1-c1ccccc1F. The van der Waals surface area contributed by atoms with E-state index >= 15 is 0 Å². The van der Waals surface area contributed by atoms with Crippen LogP contribution >= 0.6 is 0 Å². The maximum absolute atomic E-state index is 14.8. The fraction of sp³-hybridized carbons (Fsp3) is 0.323. The second kappa shape index (κ2) is 9.21. The quantitative estimate of drug-likeness (QED) is 0.297. The van der Waals surface area contributed by atoms with E-state index in [2.05, 4.69) is 73.6 Å². The van der Waals surface area contributed by atoms with Gasteiger partial charge in [-0.25, -0.2) is 9.37 Å². The highest BCUT2D eigenvalue weighted by atomic mass is 19.1. The number of halogens is 1. The molecule has 34 heavy (non-hydrogen) atoms. The molecule has 0 fully saturated rings. The van der Waals surface area contributed by atoms with Crippen LogP contribution in [0.15, 0.2) is 73.1 Å². The largest absolute Gasteiger partial charge is 0.299 e. The van der Waals surface area contributed by atoms with Crippen molar-refractivity contribution in [3.63, 3.8) is 0 Å². The zero-order valence-corrected chi connectivity index (χ0v) is 20.6. The lowest BCUT2D eigenvalue weighted by Gasteiger charge is -2.29. The van der Waals surface area contributed by atoms with E-state index in [9.17, 15) is 4.39 Å². The van der Waals surface area contributed by atoms with Crippen LogP contribution in [0.5, 0.6) is 0 Å². The number of aryl methyl sites for hydroxylation is 1. The molecule has 174 valence electrons. The molecule has 0 bridgehead atoms. The Kier molecular flexibility index (Phi) is 6.12. The minimum Gasteiger partial charge on any atom is -0.299 e. The van der Waals surface area contributed by atoms with Gasteiger partial charge in [0.05, 0.1) is 11.3 Å². The Labute approximate surface area is 202 Å². The molecule has 0 radical (unpaired) electrons. The van der Waals surface area contributed by atoms with Crippen LogP contribution < -0.4 is 0 Å². The van der Waals surface area contributed by atoms with E-state index in [0.717, 1.165) is 5.69 Å². The summed E-state index contributed by atoms with van der Waals surface area (Å²) in [6, 6.07) is 20.6. The summed E-state index contributed by atoms with van der Waals surface area (Å²) in [5.41, 5.74) is 8.61. The highest BCUT2D eigenvalue weighted by molar-refractivity contribution is 5.64. The highest BCUT2D eigenvalue weighted by Gasteiger charge is 2.26. The summed E-state index contributed by atoms with van der Waals surface area (Å²) in [6.45, 7) is 9.00.